The van der Waals surface area contributed by atoms with Gasteiger partial charge in [0.25, 0.3) is 0 Å². The fourth-order valence-corrected chi connectivity index (χ4v) is 2.13. The van der Waals surface area contributed by atoms with Crippen LogP contribution in [0.15, 0.2) is 21.5 Å². The smallest absolute Gasteiger partial charge is 0.307 e. The lowest BCUT2D eigenvalue weighted by Crippen LogP contribution is -2.29. The third-order valence-corrected chi connectivity index (χ3v) is 3.40. The molecule has 0 amide bonds. The van der Waals surface area contributed by atoms with Crippen molar-refractivity contribution in [1.82, 2.24) is 4.90 Å². The van der Waals surface area contributed by atoms with Gasteiger partial charge in [0.1, 0.15) is 12.0 Å². The molecule has 1 N–H and O–H groups in total. The second-order valence-corrected chi connectivity index (χ2v) is 5.33. The van der Waals surface area contributed by atoms with E-state index in [0.29, 0.717) is 37.8 Å². The Bertz CT molecular complexity index is 535. The molecular weight excluding hydrogens is 274 g/mol. The monoisotopic (exact) mass is 295 g/mol. The molecule has 2 rings (SSSR count). The number of aromatic hydroxyl groups is 1. The van der Waals surface area contributed by atoms with E-state index < -0.39 is 5.43 Å². The topological polar surface area (TPSA) is 80.0 Å². The lowest BCUT2D eigenvalue weighted by atomic mass is 10.3. The summed E-state index contributed by atoms with van der Waals surface area (Å²) in [6, 6.07) is 1.29. The first-order valence-electron chi connectivity index (χ1n) is 7.27. The van der Waals surface area contributed by atoms with Crippen LogP contribution in [-0.2, 0) is 16.1 Å². The summed E-state index contributed by atoms with van der Waals surface area (Å²) < 4.78 is 10.1. The Kier molecular flexibility index (Phi) is 5.38. The minimum absolute atomic E-state index is 0.217. The van der Waals surface area contributed by atoms with Crippen molar-refractivity contribution in [3.63, 3.8) is 0 Å². The summed E-state index contributed by atoms with van der Waals surface area (Å²) in [6.45, 7) is 4.06. The Morgan fingerprint density at radius 3 is 2.90 bits per heavy atom. The summed E-state index contributed by atoms with van der Waals surface area (Å²) in [5.74, 6) is 0.544. The fourth-order valence-electron chi connectivity index (χ4n) is 2.13. The van der Waals surface area contributed by atoms with Crippen LogP contribution in [0.3, 0.4) is 0 Å². The molecule has 1 fully saturated rings. The van der Waals surface area contributed by atoms with Crippen molar-refractivity contribution in [2.24, 2.45) is 5.92 Å². The number of carbonyl (C=O) groups excluding carboxylic acids is 1. The van der Waals surface area contributed by atoms with Gasteiger partial charge in [-0.1, -0.05) is 0 Å². The van der Waals surface area contributed by atoms with Gasteiger partial charge in [-0.25, -0.2) is 0 Å². The lowest BCUT2D eigenvalue weighted by molar-refractivity contribution is -0.143. The quantitative estimate of drug-likeness (QED) is 0.732. The van der Waals surface area contributed by atoms with E-state index in [1.54, 1.807) is 6.92 Å². The number of carbonyl (C=O) groups is 1. The molecule has 6 nitrogen and oxygen atoms in total. The third-order valence-electron chi connectivity index (χ3n) is 3.40. The van der Waals surface area contributed by atoms with Gasteiger partial charge < -0.3 is 14.3 Å². The van der Waals surface area contributed by atoms with Gasteiger partial charge in [-0.15, -0.1) is 0 Å². The van der Waals surface area contributed by atoms with Crippen molar-refractivity contribution in [3.8, 4) is 5.75 Å². The molecule has 21 heavy (non-hydrogen) atoms. The highest BCUT2D eigenvalue weighted by Gasteiger charge is 2.25. The number of esters is 1. The average molecular weight is 295 g/mol. The Hall–Kier alpha value is -1.82. The van der Waals surface area contributed by atoms with Crippen LogP contribution in [-0.4, -0.2) is 35.7 Å². The van der Waals surface area contributed by atoms with Gasteiger partial charge in [-0.2, -0.15) is 0 Å². The highest BCUT2D eigenvalue weighted by molar-refractivity contribution is 5.69. The Labute approximate surface area is 123 Å². The first-order chi connectivity index (χ1) is 10.1. The van der Waals surface area contributed by atoms with Gasteiger partial charge in [0.05, 0.1) is 19.6 Å². The second kappa shape index (κ2) is 7.26. The summed E-state index contributed by atoms with van der Waals surface area (Å²) in [7, 11) is 0. The highest BCUT2D eigenvalue weighted by atomic mass is 16.5. The zero-order valence-corrected chi connectivity index (χ0v) is 12.2. The van der Waals surface area contributed by atoms with E-state index >= 15 is 0 Å². The zero-order valence-electron chi connectivity index (χ0n) is 12.2. The van der Waals surface area contributed by atoms with Crippen molar-refractivity contribution < 1.29 is 19.1 Å². The second-order valence-electron chi connectivity index (χ2n) is 5.33. The maximum atomic E-state index is 11.4. The first kappa shape index (κ1) is 15.6. The fraction of sp³-hybridized carbons (Fsp3) is 0.600. The predicted molar refractivity (Wildman–Crippen MR) is 75.9 cm³/mol. The molecule has 0 aromatic carbocycles. The Morgan fingerprint density at radius 2 is 2.29 bits per heavy atom. The minimum Gasteiger partial charge on any atom is -0.502 e. The Balaban J connectivity index is 1.93. The molecule has 0 unspecified atom stereocenters. The van der Waals surface area contributed by atoms with E-state index in [9.17, 15) is 14.7 Å². The number of hydrogen-bond acceptors (Lipinski definition) is 6. The lowest BCUT2D eigenvalue weighted by Gasteiger charge is -2.21. The molecule has 0 atom stereocenters. The highest BCUT2D eigenvalue weighted by Crippen LogP contribution is 2.30. The molecule has 1 saturated carbocycles. The van der Waals surface area contributed by atoms with Crippen molar-refractivity contribution >= 4 is 5.97 Å². The van der Waals surface area contributed by atoms with Crippen LogP contribution in [0.1, 0.15) is 31.9 Å². The van der Waals surface area contributed by atoms with E-state index in [-0.39, 0.29) is 11.7 Å². The van der Waals surface area contributed by atoms with Crippen LogP contribution in [0.2, 0.25) is 0 Å². The van der Waals surface area contributed by atoms with Crippen molar-refractivity contribution in [2.45, 2.75) is 32.7 Å². The molecule has 0 radical (unpaired) electrons. The maximum Gasteiger partial charge on any atom is 0.307 e. The molecule has 1 aliphatic rings. The van der Waals surface area contributed by atoms with Crippen molar-refractivity contribution in [3.05, 3.63) is 28.3 Å². The molecule has 1 aromatic heterocycles. The summed E-state index contributed by atoms with van der Waals surface area (Å²) >= 11 is 0. The van der Waals surface area contributed by atoms with E-state index in [1.165, 1.54) is 18.9 Å². The van der Waals surface area contributed by atoms with Crippen LogP contribution in [0.5, 0.6) is 5.75 Å². The van der Waals surface area contributed by atoms with Gasteiger partial charge >= 0.3 is 5.97 Å². The van der Waals surface area contributed by atoms with Gasteiger partial charge in [0.2, 0.25) is 5.43 Å². The summed E-state index contributed by atoms with van der Waals surface area (Å²) in [4.78, 5) is 24.9. The predicted octanol–water partition coefficient (Wildman–Crippen LogP) is 1.51. The van der Waals surface area contributed by atoms with E-state index in [4.69, 9.17) is 9.15 Å². The number of nitrogens with zero attached hydrogens (tertiary/aromatic N) is 1. The average Bonchev–Trinajstić information content (AvgIpc) is 3.24. The third kappa shape index (κ3) is 5.23. The van der Waals surface area contributed by atoms with Crippen LogP contribution >= 0.6 is 0 Å². The van der Waals surface area contributed by atoms with Gasteiger partial charge in [-0.3, -0.25) is 14.5 Å². The molecular formula is C15H21NO5. The number of ether oxygens (including phenoxy) is 1. The van der Waals surface area contributed by atoms with Crippen molar-refractivity contribution in [1.29, 1.82) is 0 Å². The number of rotatable bonds is 8. The van der Waals surface area contributed by atoms with Crippen LogP contribution in [0.25, 0.3) is 0 Å². The van der Waals surface area contributed by atoms with E-state index in [0.717, 1.165) is 12.8 Å². The van der Waals surface area contributed by atoms with Gasteiger partial charge in [0, 0.05) is 19.2 Å². The largest absolute Gasteiger partial charge is 0.502 e. The Morgan fingerprint density at radius 1 is 1.52 bits per heavy atom. The normalized spacial score (nSPS) is 14.4. The van der Waals surface area contributed by atoms with Crippen LogP contribution in [0.4, 0.5) is 0 Å². The van der Waals surface area contributed by atoms with Gasteiger partial charge in [-0.05, 0) is 25.7 Å². The molecule has 1 aromatic rings. The molecule has 6 heteroatoms. The standard InChI is InChI=1S/C15H21NO5/c1-2-20-15(19)5-6-16(8-11-3-4-11)9-12-7-13(17)14(18)10-21-12/h7,10-11,18H,2-6,8-9H2,1H3. The number of hydrogen-bond donors (Lipinski definition) is 1. The first-order valence-corrected chi connectivity index (χ1v) is 7.27. The van der Waals surface area contributed by atoms with E-state index in [2.05, 4.69) is 4.90 Å². The molecule has 0 saturated heterocycles. The molecule has 1 aliphatic carbocycles. The zero-order chi connectivity index (χ0) is 15.2. The van der Waals surface area contributed by atoms with E-state index in [1.807, 2.05) is 0 Å². The maximum absolute atomic E-state index is 11.4. The summed E-state index contributed by atoms with van der Waals surface area (Å²) in [5, 5.41) is 9.19. The SMILES string of the molecule is CCOC(=O)CCN(Cc1cc(=O)c(O)co1)CC1CC1. The molecule has 0 spiro atoms. The minimum atomic E-state index is -0.451. The summed E-state index contributed by atoms with van der Waals surface area (Å²) in [5.41, 5.74) is -0.451. The van der Waals surface area contributed by atoms with Gasteiger partial charge in [0.15, 0.2) is 5.75 Å². The van der Waals surface area contributed by atoms with Crippen molar-refractivity contribution in [2.75, 3.05) is 19.7 Å². The van der Waals surface area contributed by atoms with Crippen LogP contribution < -0.4 is 5.43 Å². The molecule has 1 heterocycles. The molecule has 0 aliphatic heterocycles. The molecule has 116 valence electrons. The van der Waals surface area contributed by atoms with Crippen LogP contribution in [0, 0.1) is 5.92 Å². The molecule has 0 bridgehead atoms. The summed E-state index contributed by atoms with van der Waals surface area (Å²) in [6.07, 6.45) is 3.78.